The summed E-state index contributed by atoms with van der Waals surface area (Å²) in [6, 6.07) is 15.4. The number of aromatic nitrogens is 3. The summed E-state index contributed by atoms with van der Waals surface area (Å²) in [7, 11) is 0. The lowest BCUT2D eigenvalue weighted by molar-refractivity contribution is -0.128. The van der Waals surface area contributed by atoms with Crippen LogP contribution in [0.25, 0.3) is 0 Å². The lowest BCUT2D eigenvalue weighted by Gasteiger charge is -2.25. The van der Waals surface area contributed by atoms with Gasteiger partial charge in [0, 0.05) is 19.3 Å². The van der Waals surface area contributed by atoms with Gasteiger partial charge in [-0.3, -0.25) is 4.79 Å². The Morgan fingerprint density at radius 1 is 1.03 bits per heavy atom. The van der Waals surface area contributed by atoms with Crippen LogP contribution in [0.3, 0.4) is 0 Å². The number of hydrogen-bond acceptors (Lipinski definition) is 7. The highest BCUT2D eigenvalue weighted by Gasteiger charge is 2.25. The van der Waals surface area contributed by atoms with Crippen LogP contribution in [-0.2, 0) is 11.2 Å². The molecular weight excluding hydrogens is 380 g/mol. The third-order valence-electron chi connectivity index (χ3n) is 4.77. The first-order valence-electron chi connectivity index (χ1n) is 9.97. The Bertz CT molecular complexity index is 991. The predicted molar refractivity (Wildman–Crippen MR) is 115 cm³/mol. The van der Waals surface area contributed by atoms with Gasteiger partial charge in [-0.2, -0.15) is 0 Å². The third-order valence-corrected chi connectivity index (χ3v) is 4.77. The maximum absolute atomic E-state index is 12.4. The van der Waals surface area contributed by atoms with Gasteiger partial charge in [-0.1, -0.05) is 24.3 Å². The molecule has 1 amide bonds. The second-order valence-corrected chi connectivity index (χ2v) is 7.12. The van der Waals surface area contributed by atoms with Crippen molar-refractivity contribution >= 4 is 23.4 Å². The first kappa shape index (κ1) is 19.6. The van der Waals surface area contributed by atoms with Gasteiger partial charge in [0.15, 0.2) is 11.9 Å². The molecule has 3 aromatic rings. The molecule has 0 saturated heterocycles. The number of nitrogens with zero attached hydrogens (tertiary/aromatic N) is 3. The summed E-state index contributed by atoms with van der Waals surface area (Å²) >= 11 is 0. The van der Waals surface area contributed by atoms with Gasteiger partial charge in [-0.15, -0.1) is 10.2 Å². The molecule has 8 heteroatoms. The normalized spacial score (nSPS) is 14.9. The minimum Gasteiger partial charge on any atom is -0.480 e. The molecule has 1 aliphatic heterocycles. The van der Waals surface area contributed by atoms with E-state index in [0.717, 1.165) is 23.3 Å². The van der Waals surface area contributed by atoms with Crippen molar-refractivity contribution in [3.05, 3.63) is 65.9 Å². The molecule has 0 radical (unpaired) electrons. The first-order valence-corrected chi connectivity index (χ1v) is 9.97. The van der Waals surface area contributed by atoms with Crippen LogP contribution in [0, 0.1) is 6.92 Å². The fraction of sp³-hybridized carbons (Fsp3) is 0.273. The quantitative estimate of drug-likeness (QED) is 0.521. The van der Waals surface area contributed by atoms with Crippen molar-refractivity contribution in [1.29, 1.82) is 0 Å². The molecule has 8 nitrogen and oxygen atoms in total. The summed E-state index contributed by atoms with van der Waals surface area (Å²) < 4.78 is 5.81. The maximum Gasteiger partial charge on any atom is 0.261 e. The van der Waals surface area contributed by atoms with Crippen LogP contribution in [0.5, 0.6) is 5.75 Å². The van der Waals surface area contributed by atoms with E-state index in [9.17, 15) is 4.79 Å². The third kappa shape index (κ3) is 5.02. The number of carbonyl (C=O) groups is 1. The molecule has 2 aromatic heterocycles. The Kier molecular flexibility index (Phi) is 6.03. The number of ether oxygens (including phenoxy) is 1. The number of benzene rings is 1. The molecule has 0 spiro atoms. The highest BCUT2D eigenvalue weighted by molar-refractivity contribution is 5.81. The number of carbonyl (C=O) groups excluding carboxylic acids is 1. The number of anilines is 3. The van der Waals surface area contributed by atoms with Crippen molar-refractivity contribution in [3.8, 4) is 5.75 Å². The van der Waals surface area contributed by atoms with Crippen LogP contribution in [0.1, 0.15) is 17.5 Å². The Morgan fingerprint density at radius 3 is 2.63 bits per heavy atom. The number of aryl methyl sites for hydroxylation is 2. The van der Waals surface area contributed by atoms with Crippen LogP contribution in [0.4, 0.5) is 17.5 Å². The van der Waals surface area contributed by atoms with Crippen molar-refractivity contribution in [3.63, 3.8) is 0 Å². The zero-order valence-corrected chi connectivity index (χ0v) is 16.8. The van der Waals surface area contributed by atoms with Gasteiger partial charge in [0.25, 0.3) is 5.91 Å². The van der Waals surface area contributed by atoms with Crippen LogP contribution in [-0.4, -0.2) is 40.3 Å². The molecule has 3 N–H and O–H groups in total. The summed E-state index contributed by atoms with van der Waals surface area (Å²) in [5.41, 5.74) is 2.25. The largest absolute Gasteiger partial charge is 0.480 e. The summed E-state index contributed by atoms with van der Waals surface area (Å²) in [5.74, 6) is 2.66. The van der Waals surface area contributed by atoms with Gasteiger partial charge in [0.2, 0.25) is 0 Å². The van der Waals surface area contributed by atoms with E-state index in [1.54, 1.807) is 6.20 Å². The molecule has 0 fully saturated rings. The molecule has 4 rings (SSSR count). The van der Waals surface area contributed by atoms with E-state index in [0.29, 0.717) is 37.0 Å². The Hall–Kier alpha value is -3.68. The number of amides is 1. The second kappa shape index (κ2) is 9.21. The summed E-state index contributed by atoms with van der Waals surface area (Å²) in [4.78, 5) is 16.6. The van der Waals surface area contributed by atoms with Gasteiger partial charge in [0.05, 0.1) is 0 Å². The van der Waals surface area contributed by atoms with Crippen molar-refractivity contribution in [2.75, 3.05) is 23.7 Å². The second-order valence-electron chi connectivity index (χ2n) is 7.12. The summed E-state index contributed by atoms with van der Waals surface area (Å²) in [5, 5.41) is 17.4. The number of fused-ring (bicyclic) bond motifs is 1. The van der Waals surface area contributed by atoms with Crippen molar-refractivity contribution in [1.82, 2.24) is 20.5 Å². The summed E-state index contributed by atoms with van der Waals surface area (Å²) in [6.45, 7) is 2.99. The molecule has 154 valence electrons. The zero-order chi connectivity index (χ0) is 20.8. The minimum absolute atomic E-state index is 0.0949. The molecule has 0 saturated carbocycles. The number of para-hydroxylation sites is 1. The molecular formula is C22H24N6O2. The average Bonchev–Trinajstić information content (AvgIpc) is 2.79. The Morgan fingerprint density at radius 2 is 1.83 bits per heavy atom. The van der Waals surface area contributed by atoms with Crippen LogP contribution < -0.4 is 20.7 Å². The predicted octanol–water partition coefficient (Wildman–Crippen LogP) is 2.85. The van der Waals surface area contributed by atoms with Gasteiger partial charge in [-0.25, -0.2) is 4.98 Å². The van der Waals surface area contributed by atoms with Crippen LogP contribution in [0.2, 0.25) is 0 Å². The molecule has 0 bridgehead atoms. The monoisotopic (exact) mass is 404 g/mol. The van der Waals surface area contributed by atoms with Gasteiger partial charge in [-0.05, 0) is 55.2 Å². The fourth-order valence-corrected chi connectivity index (χ4v) is 3.17. The van der Waals surface area contributed by atoms with Gasteiger partial charge < -0.3 is 20.7 Å². The standard InChI is InChI=1S/C22H24N6O2/c1-15-6-9-19(25-14-15)26-21-11-10-20(27-28-21)23-12-13-24-22(29)18-8-7-16-4-2-3-5-17(16)30-18/h2-6,9-11,14,18H,7-8,12-13H2,1H3,(H,23,27)(H,24,29)(H,25,26,28). The molecule has 30 heavy (non-hydrogen) atoms. The zero-order valence-electron chi connectivity index (χ0n) is 16.8. The van der Waals surface area contributed by atoms with Crippen molar-refractivity contribution < 1.29 is 9.53 Å². The highest BCUT2D eigenvalue weighted by Crippen LogP contribution is 2.27. The van der Waals surface area contributed by atoms with Crippen molar-refractivity contribution in [2.45, 2.75) is 25.9 Å². The average molecular weight is 404 g/mol. The van der Waals surface area contributed by atoms with E-state index in [2.05, 4.69) is 31.1 Å². The highest BCUT2D eigenvalue weighted by atomic mass is 16.5. The minimum atomic E-state index is -0.444. The maximum atomic E-state index is 12.4. The number of rotatable bonds is 7. The Balaban J connectivity index is 1.19. The van der Waals surface area contributed by atoms with E-state index in [1.165, 1.54) is 0 Å². The SMILES string of the molecule is Cc1ccc(Nc2ccc(NCCNC(=O)C3CCc4ccccc4O3)nn2)nc1. The number of hydrogen-bond donors (Lipinski definition) is 3. The summed E-state index contributed by atoms with van der Waals surface area (Å²) in [6.07, 6.45) is 2.88. The van der Waals surface area contributed by atoms with Gasteiger partial charge in [0.1, 0.15) is 17.4 Å². The van der Waals surface area contributed by atoms with Crippen molar-refractivity contribution in [2.24, 2.45) is 0 Å². The van der Waals surface area contributed by atoms with E-state index >= 15 is 0 Å². The van der Waals surface area contributed by atoms with E-state index in [4.69, 9.17) is 4.74 Å². The van der Waals surface area contributed by atoms with Crippen LogP contribution in [0.15, 0.2) is 54.7 Å². The van der Waals surface area contributed by atoms with E-state index in [1.807, 2.05) is 55.5 Å². The first-order chi connectivity index (χ1) is 14.7. The lowest BCUT2D eigenvalue weighted by atomic mass is 10.0. The molecule has 1 aromatic carbocycles. The number of nitrogens with one attached hydrogen (secondary N) is 3. The van der Waals surface area contributed by atoms with E-state index in [-0.39, 0.29) is 5.91 Å². The smallest absolute Gasteiger partial charge is 0.261 e. The molecule has 0 aliphatic carbocycles. The molecule has 1 aliphatic rings. The Labute approximate surface area is 175 Å². The van der Waals surface area contributed by atoms with E-state index < -0.39 is 6.10 Å². The van der Waals surface area contributed by atoms with Crippen LogP contribution >= 0.6 is 0 Å². The lowest BCUT2D eigenvalue weighted by Crippen LogP contribution is -2.42. The molecule has 3 heterocycles. The fourth-order valence-electron chi connectivity index (χ4n) is 3.17. The number of pyridine rings is 1. The van der Waals surface area contributed by atoms with Gasteiger partial charge >= 0.3 is 0 Å². The topological polar surface area (TPSA) is 101 Å². The molecule has 1 unspecified atom stereocenters. The molecule has 1 atom stereocenters.